The van der Waals surface area contributed by atoms with E-state index < -0.39 is 5.63 Å². The van der Waals surface area contributed by atoms with Crippen LogP contribution in [0, 0.1) is 20.8 Å². The fraction of sp³-hybridized carbons (Fsp3) is 0.478. The summed E-state index contributed by atoms with van der Waals surface area (Å²) in [6.07, 6.45) is 2.62. The third kappa shape index (κ3) is 4.00. The molecule has 0 atom stereocenters. The van der Waals surface area contributed by atoms with Gasteiger partial charge in [-0.15, -0.1) is 0 Å². The molecule has 1 aromatic carbocycles. The minimum atomic E-state index is -0.463. The van der Waals surface area contributed by atoms with Crippen LogP contribution in [0.15, 0.2) is 26.0 Å². The summed E-state index contributed by atoms with van der Waals surface area (Å²) in [6.45, 7) is 11.1. The highest BCUT2D eigenvalue weighted by molar-refractivity contribution is 6.07. The number of furan rings is 1. The second kappa shape index (κ2) is 8.62. The van der Waals surface area contributed by atoms with Crippen LogP contribution in [-0.2, 0) is 16.0 Å². The first-order valence-corrected chi connectivity index (χ1v) is 10.6. The number of benzene rings is 1. The van der Waals surface area contributed by atoms with Gasteiger partial charge < -0.3 is 23.8 Å². The van der Waals surface area contributed by atoms with Crippen molar-refractivity contribution >= 4 is 27.8 Å². The standard InChI is InChI=1S/C23H28N2O5/c1-14-11-18-21(22-20(14)15(2)13-29-22)16(3)17(23(27)30-18)12-19(26)24-5-4-6-25-7-9-28-10-8-25/h11,13H,4-10,12H2,1-3H3,(H,24,26)/p+1. The summed E-state index contributed by atoms with van der Waals surface area (Å²) in [6, 6.07) is 1.87. The quantitative estimate of drug-likeness (QED) is 0.472. The zero-order valence-corrected chi connectivity index (χ0v) is 17.9. The van der Waals surface area contributed by atoms with E-state index in [1.165, 1.54) is 4.90 Å². The second-order valence-electron chi connectivity index (χ2n) is 8.18. The average molecular weight is 413 g/mol. The number of quaternary nitrogens is 1. The number of fused-ring (bicyclic) bond motifs is 3. The fourth-order valence-corrected chi connectivity index (χ4v) is 4.38. The molecule has 160 valence electrons. The van der Waals surface area contributed by atoms with Crippen molar-refractivity contribution in [3.8, 4) is 0 Å². The number of hydrogen-bond donors (Lipinski definition) is 2. The first-order chi connectivity index (χ1) is 14.5. The lowest BCUT2D eigenvalue weighted by atomic mass is 9.99. The van der Waals surface area contributed by atoms with Gasteiger partial charge in [0.2, 0.25) is 5.91 Å². The van der Waals surface area contributed by atoms with Crippen molar-refractivity contribution in [3.63, 3.8) is 0 Å². The molecule has 0 aliphatic carbocycles. The van der Waals surface area contributed by atoms with Crippen LogP contribution >= 0.6 is 0 Å². The summed E-state index contributed by atoms with van der Waals surface area (Å²) >= 11 is 0. The maximum absolute atomic E-state index is 12.6. The Morgan fingerprint density at radius 3 is 2.67 bits per heavy atom. The topological polar surface area (TPSA) is 86.1 Å². The highest BCUT2D eigenvalue weighted by Crippen LogP contribution is 2.34. The zero-order valence-electron chi connectivity index (χ0n) is 17.9. The molecule has 2 aromatic heterocycles. The average Bonchev–Trinajstić information content (AvgIpc) is 3.11. The van der Waals surface area contributed by atoms with Crippen molar-refractivity contribution in [1.82, 2.24) is 5.32 Å². The third-order valence-corrected chi connectivity index (χ3v) is 6.03. The van der Waals surface area contributed by atoms with Gasteiger partial charge in [0, 0.05) is 18.4 Å². The Kier molecular flexibility index (Phi) is 5.92. The van der Waals surface area contributed by atoms with E-state index in [0.29, 0.717) is 23.3 Å². The number of aryl methyl sites for hydroxylation is 3. The van der Waals surface area contributed by atoms with Gasteiger partial charge in [-0.2, -0.15) is 0 Å². The van der Waals surface area contributed by atoms with Crippen molar-refractivity contribution in [2.24, 2.45) is 0 Å². The van der Waals surface area contributed by atoms with E-state index >= 15 is 0 Å². The van der Waals surface area contributed by atoms with Crippen LogP contribution in [0.1, 0.15) is 28.7 Å². The fourth-order valence-electron chi connectivity index (χ4n) is 4.38. The summed E-state index contributed by atoms with van der Waals surface area (Å²) in [5, 5.41) is 4.73. The summed E-state index contributed by atoms with van der Waals surface area (Å²) < 4.78 is 16.7. The highest BCUT2D eigenvalue weighted by atomic mass is 16.5. The SMILES string of the molecule is Cc1coc2c1c(C)cc1oc(=O)c(CC(=O)NCCC[NH+]3CCOCC3)c(C)c12. The maximum atomic E-state index is 12.6. The Morgan fingerprint density at radius 2 is 1.90 bits per heavy atom. The van der Waals surface area contributed by atoms with Crippen LogP contribution in [0.3, 0.4) is 0 Å². The van der Waals surface area contributed by atoms with Crippen molar-refractivity contribution in [2.45, 2.75) is 33.6 Å². The Morgan fingerprint density at radius 1 is 1.13 bits per heavy atom. The number of hydrogen-bond acceptors (Lipinski definition) is 5. The van der Waals surface area contributed by atoms with Crippen LogP contribution < -0.4 is 15.8 Å². The molecule has 0 spiro atoms. The van der Waals surface area contributed by atoms with E-state index in [9.17, 15) is 9.59 Å². The van der Waals surface area contributed by atoms with E-state index in [1.54, 1.807) is 6.26 Å². The van der Waals surface area contributed by atoms with Crippen LogP contribution in [0.5, 0.6) is 0 Å². The van der Waals surface area contributed by atoms with Crippen LogP contribution in [0.4, 0.5) is 0 Å². The van der Waals surface area contributed by atoms with E-state index in [4.69, 9.17) is 13.6 Å². The molecule has 1 fully saturated rings. The van der Waals surface area contributed by atoms with Gasteiger partial charge in [0.1, 0.15) is 24.3 Å². The van der Waals surface area contributed by atoms with Crippen molar-refractivity contribution in [3.05, 3.63) is 45.0 Å². The smallest absolute Gasteiger partial charge is 0.340 e. The largest absolute Gasteiger partial charge is 0.463 e. The lowest BCUT2D eigenvalue weighted by Crippen LogP contribution is -3.14. The Balaban J connectivity index is 1.49. The third-order valence-electron chi connectivity index (χ3n) is 6.03. The first-order valence-electron chi connectivity index (χ1n) is 10.6. The number of ether oxygens (including phenoxy) is 1. The number of morpholine rings is 1. The molecule has 0 saturated carbocycles. The molecule has 30 heavy (non-hydrogen) atoms. The first kappa shape index (κ1) is 20.6. The number of amides is 1. The lowest BCUT2D eigenvalue weighted by Gasteiger charge is -2.23. The zero-order chi connectivity index (χ0) is 21.3. The molecule has 7 heteroatoms. The summed E-state index contributed by atoms with van der Waals surface area (Å²) in [5.74, 6) is -0.166. The van der Waals surface area contributed by atoms with Crippen molar-refractivity contribution in [2.75, 3.05) is 39.4 Å². The number of rotatable bonds is 6. The Bertz CT molecular complexity index is 1140. The van der Waals surface area contributed by atoms with E-state index in [-0.39, 0.29) is 12.3 Å². The van der Waals surface area contributed by atoms with Crippen molar-refractivity contribution < 1.29 is 23.3 Å². The van der Waals surface area contributed by atoms with Gasteiger partial charge >= 0.3 is 5.63 Å². The number of carbonyl (C=O) groups is 1. The van der Waals surface area contributed by atoms with Gasteiger partial charge in [-0.3, -0.25) is 4.79 Å². The molecule has 2 N–H and O–H groups in total. The number of carbonyl (C=O) groups excluding carboxylic acids is 1. The molecule has 0 radical (unpaired) electrons. The summed E-state index contributed by atoms with van der Waals surface area (Å²) in [4.78, 5) is 26.6. The normalized spacial score (nSPS) is 15.2. The van der Waals surface area contributed by atoms with Gasteiger partial charge in [0.25, 0.3) is 0 Å². The summed E-state index contributed by atoms with van der Waals surface area (Å²) in [5.41, 5.74) is 3.91. The minimum Gasteiger partial charge on any atom is -0.463 e. The van der Waals surface area contributed by atoms with E-state index in [0.717, 1.165) is 66.7 Å². The predicted molar refractivity (Wildman–Crippen MR) is 114 cm³/mol. The van der Waals surface area contributed by atoms with Gasteiger partial charge in [0.15, 0.2) is 0 Å². The minimum absolute atomic E-state index is 0.00355. The van der Waals surface area contributed by atoms with E-state index in [1.807, 2.05) is 26.8 Å². The Labute approximate surface area is 175 Å². The van der Waals surface area contributed by atoms with Crippen LogP contribution in [0.25, 0.3) is 21.9 Å². The van der Waals surface area contributed by atoms with Crippen LogP contribution in [-0.4, -0.2) is 45.3 Å². The molecule has 0 bridgehead atoms. The van der Waals surface area contributed by atoms with Crippen molar-refractivity contribution in [1.29, 1.82) is 0 Å². The van der Waals surface area contributed by atoms with Gasteiger partial charge in [-0.25, -0.2) is 4.79 Å². The molecule has 1 amide bonds. The molecule has 4 rings (SSSR count). The maximum Gasteiger partial charge on any atom is 0.340 e. The molecule has 1 aliphatic heterocycles. The molecule has 1 saturated heterocycles. The predicted octanol–water partition coefficient (Wildman–Crippen LogP) is 1.43. The molecule has 0 unspecified atom stereocenters. The molecule has 7 nitrogen and oxygen atoms in total. The molecule has 3 aromatic rings. The number of nitrogens with one attached hydrogen (secondary N) is 2. The van der Waals surface area contributed by atoms with Gasteiger partial charge in [0.05, 0.1) is 43.4 Å². The van der Waals surface area contributed by atoms with Crippen LogP contribution in [0.2, 0.25) is 0 Å². The molecule has 3 heterocycles. The monoisotopic (exact) mass is 413 g/mol. The second-order valence-corrected chi connectivity index (χ2v) is 8.18. The van der Waals surface area contributed by atoms with Gasteiger partial charge in [-0.05, 0) is 43.5 Å². The lowest BCUT2D eigenvalue weighted by molar-refractivity contribution is -0.908. The summed E-state index contributed by atoms with van der Waals surface area (Å²) in [7, 11) is 0. The van der Waals surface area contributed by atoms with E-state index in [2.05, 4.69) is 5.32 Å². The molecular formula is C23H29N2O5+. The highest BCUT2D eigenvalue weighted by Gasteiger charge is 2.20. The van der Waals surface area contributed by atoms with Gasteiger partial charge in [-0.1, -0.05) is 0 Å². The Hall–Kier alpha value is -2.64. The molecule has 1 aliphatic rings. The molecular weight excluding hydrogens is 384 g/mol.